The predicted octanol–water partition coefficient (Wildman–Crippen LogP) is 2.63. The summed E-state index contributed by atoms with van der Waals surface area (Å²) in [6.07, 6.45) is 2.24. The predicted molar refractivity (Wildman–Crippen MR) is 157 cm³/mol. The highest BCUT2D eigenvalue weighted by Gasteiger charge is 2.26. The Bertz CT molecular complexity index is 1830. The van der Waals surface area contributed by atoms with Gasteiger partial charge < -0.3 is 9.47 Å². The molecule has 1 aliphatic heterocycles. The minimum atomic E-state index is -0.875. The highest BCUT2D eigenvalue weighted by atomic mass is 32.2. The third kappa shape index (κ3) is 6.77. The van der Waals surface area contributed by atoms with Crippen molar-refractivity contribution in [2.45, 2.75) is 6.54 Å². The van der Waals surface area contributed by atoms with Crippen molar-refractivity contribution in [2.75, 3.05) is 7.11 Å². The molecule has 0 saturated carbocycles. The number of hydrogen-bond donors (Lipinski definition) is 2. The molecule has 4 aromatic rings. The van der Waals surface area contributed by atoms with E-state index in [0.717, 1.165) is 10.8 Å². The normalized spacial score (nSPS) is 13.7. The van der Waals surface area contributed by atoms with Gasteiger partial charge in [-0.2, -0.15) is 5.10 Å². The number of methoxy groups -OCH3 is 1. The molecule has 1 aromatic heterocycles. The molecular formula is C29H22N6O7S. The first-order valence-corrected chi connectivity index (χ1v) is 13.4. The molecule has 0 atom stereocenters. The van der Waals surface area contributed by atoms with Crippen LogP contribution in [0.2, 0.25) is 0 Å². The zero-order chi connectivity index (χ0) is 30.3. The van der Waals surface area contributed by atoms with Crippen molar-refractivity contribution in [3.05, 3.63) is 106 Å². The summed E-state index contributed by atoms with van der Waals surface area (Å²) in [5, 5.41) is 9.81. The molecule has 1 saturated heterocycles. The van der Waals surface area contributed by atoms with Gasteiger partial charge in [-0.05, 0) is 47.7 Å². The average molecular weight is 599 g/mol. The van der Waals surface area contributed by atoms with Crippen LogP contribution in [0.15, 0.2) is 99.7 Å². The smallest absolute Gasteiger partial charge is 0.351 e. The fourth-order valence-corrected chi connectivity index (χ4v) is 4.60. The van der Waals surface area contributed by atoms with E-state index in [-0.39, 0.29) is 22.9 Å². The SMILES string of the molecule is COc1cc(/C=N\NC(=O)Cn2nc(-c3ccccc3)n(-c3ccccc3)c2=O)ccc1OC(=O)/C=C1\SC(=O)NC1=O. The summed E-state index contributed by atoms with van der Waals surface area (Å²) < 4.78 is 13.0. The van der Waals surface area contributed by atoms with Gasteiger partial charge in [0.25, 0.3) is 17.1 Å². The van der Waals surface area contributed by atoms with Crippen molar-refractivity contribution in [2.24, 2.45) is 5.10 Å². The van der Waals surface area contributed by atoms with Crippen molar-refractivity contribution in [1.29, 1.82) is 0 Å². The first-order chi connectivity index (χ1) is 20.8. The van der Waals surface area contributed by atoms with E-state index in [1.165, 1.54) is 30.0 Å². The summed E-state index contributed by atoms with van der Waals surface area (Å²) in [6, 6.07) is 22.6. The molecular weight excluding hydrogens is 576 g/mol. The van der Waals surface area contributed by atoms with E-state index in [2.05, 4.69) is 15.6 Å². The van der Waals surface area contributed by atoms with Crippen LogP contribution in [0.4, 0.5) is 4.79 Å². The van der Waals surface area contributed by atoms with Gasteiger partial charge >= 0.3 is 11.7 Å². The van der Waals surface area contributed by atoms with Gasteiger partial charge in [-0.3, -0.25) is 19.7 Å². The molecule has 2 heterocycles. The van der Waals surface area contributed by atoms with Gasteiger partial charge in [0.2, 0.25) is 0 Å². The Labute approximate surface area is 247 Å². The number of para-hydroxylation sites is 1. The van der Waals surface area contributed by atoms with Crippen molar-refractivity contribution in [1.82, 2.24) is 25.1 Å². The number of imide groups is 1. The molecule has 2 N–H and O–H groups in total. The van der Waals surface area contributed by atoms with E-state index < -0.39 is 28.7 Å². The monoisotopic (exact) mass is 598 g/mol. The Hall–Kier alpha value is -5.76. The highest BCUT2D eigenvalue weighted by molar-refractivity contribution is 8.18. The number of thioether (sulfide) groups is 1. The Morgan fingerprint density at radius 3 is 2.40 bits per heavy atom. The number of hydrazone groups is 1. The van der Waals surface area contributed by atoms with Gasteiger partial charge in [0.05, 0.1) is 23.9 Å². The number of nitrogens with zero attached hydrogens (tertiary/aromatic N) is 4. The number of hydrogen-bond acceptors (Lipinski definition) is 10. The second-order valence-electron chi connectivity index (χ2n) is 8.78. The van der Waals surface area contributed by atoms with E-state index in [1.54, 1.807) is 30.3 Å². The summed E-state index contributed by atoms with van der Waals surface area (Å²) >= 11 is 0.591. The maximum atomic E-state index is 13.3. The largest absolute Gasteiger partial charge is 0.493 e. The fraction of sp³-hybridized carbons (Fsp3) is 0.0690. The Morgan fingerprint density at radius 2 is 1.72 bits per heavy atom. The van der Waals surface area contributed by atoms with Crippen LogP contribution in [0.3, 0.4) is 0 Å². The van der Waals surface area contributed by atoms with Gasteiger partial charge in [0, 0.05) is 11.6 Å². The van der Waals surface area contributed by atoms with Crippen LogP contribution in [0.5, 0.6) is 11.5 Å². The van der Waals surface area contributed by atoms with Crippen LogP contribution in [-0.4, -0.2) is 50.7 Å². The molecule has 0 aliphatic carbocycles. The molecule has 5 rings (SSSR count). The van der Waals surface area contributed by atoms with Gasteiger partial charge in [0.1, 0.15) is 6.54 Å². The summed E-state index contributed by atoms with van der Waals surface area (Å²) in [6.45, 7) is -0.383. The number of nitrogens with one attached hydrogen (secondary N) is 2. The molecule has 0 unspecified atom stereocenters. The van der Waals surface area contributed by atoms with E-state index >= 15 is 0 Å². The van der Waals surface area contributed by atoms with Gasteiger partial charge in [-0.1, -0.05) is 48.5 Å². The molecule has 13 nitrogen and oxygen atoms in total. The van der Waals surface area contributed by atoms with Crippen LogP contribution in [0.25, 0.3) is 17.1 Å². The first-order valence-electron chi connectivity index (χ1n) is 12.6. The zero-order valence-corrected chi connectivity index (χ0v) is 23.2. The zero-order valence-electron chi connectivity index (χ0n) is 22.4. The maximum Gasteiger partial charge on any atom is 0.351 e. The van der Waals surface area contributed by atoms with Crippen LogP contribution in [-0.2, 0) is 20.9 Å². The summed E-state index contributed by atoms with van der Waals surface area (Å²) in [5.41, 5.74) is 3.68. The van der Waals surface area contributed by atoms with Crippen LogP contribution in [0.1, 0.15) is 5.56 Å². The Balaban J connectivity index is 1.26. The van der Waals surface area contributed by atoms with E-state index in [1.807, 2.05) is 41.7 Å². The third-order valence-corrected chi connectivity index (χ3v) is 6.68. The number of ether oxygens (including phenoxy) is 2. The number of benzene rings is 3. The van der Waals surface area contributed by atoms with Crippen molar-refractivity contribution >= 4 is 41.0 Å². The highest BCUT2D eigenvalue weighted by Crippen LogP contribution is 2.29. The Morgan fingerprint density at radius 1 is 1.00 bits per heavy atom. The van der Waals surface area contributed by atoms with Gasteiger partial charge in [-0.15, -0.1) is 5.10 Å². The second kappa shape index (κ2) is 12.8. The molecule has 0 radical (unpaired) electrons. The lowest BCUT2D eigenvalue weighted by Gasteiger charge is -2.08. The van der Waals surface area contributed by atoms with Gasteiger partial charge in [0.15, 0.2) is 17.3 Å². The minimum Gasteiger partial charge on any atom is -0.493 e. The number of aromatic nitrogens is 3. The van der Waals surface area contributed by atoms with Crippen molar-refractivity contribution < 1.29 is 28.7 Å². The van der Waals surface area contributed by atoms with Crippen molar-refractivity contribution in [3.63, 3.8) is 0 Å². The second-order valence-corrected chi connectivity index (χ2v) is 9.79. The number of carbonyl (C=O) groups is 4. The lowest BCUT2D eigenvalue weighted by Crippen LogP contribution is -2.31. The van der Waals surface area contributed by atoms with E-state index in [4.69, 9.17) is 9.47 Å². The topological polar surface area (TPSA) is 163 Å². The van der Waals surface area contributed by atoms with Crippen molar-refractivity contribution in [3.8, 4) is 28.6 Å². The maximum absolute atomic E-state index is 13.3. The van der Waals surface area contributed by atoms with E-state index in [0.29, 0.717) is 34.4 Å². The number of carbonyl (C=O) groups excluding carboxylic acids is 4. The third-order valence-electron chi connectivity index (χ3n) is 5.87. The molecule has 3 amide bonds. The fourth-order valence-electron chi connectivity index (χ4n) is 3.96. The quantitative estimate of drug-likeness (QED) is 0.0969. The number of amides is 3. The molecule has 1 aliphatic rings. The minimum absolute atomic E-state index is 0.0582. The van der Waals surface area contributed by atoms with Crippen LogP contribution >= 0.6 is 11.8 Å². The van der Waals surface area contributed by atoms with Crippen LogP contribution < -0.4 is 25.9 Å². The number of rotatable bonds is 9. The molecule has 43 heavy (non-hydrogen) atoms. The summed E-state index contributed by atoms with van der Waals surface area (Å²) in [4.78, 5) is 60.9. The molecule has 1 fully saturated rings. The molecule has 0 spiro atoms. The lowest BCUT2D eigenvalue weighted by atomic mass is 10.2. The number of esters is 1. The van der Waals surface area contributed by atoms with E-state index in [9.17, 15) is 24.0 Å². The standard InChI is InChI=1S/C29H22N6O7S/c1-41-22-14-18(12-13-21(22)42-25(37)15-23-27(38)31-28(39)43-23)16-30-32-24(36)17-34-29(40)35(20-10-6-3-7-11-20)26(33-34)19-8-4-2-5-9-19/h2-16H,17H2,1H3,(H,32,36)(H,31,38,39)/b23-15-,30-16-. The molecule has 3 aromatic carbocycles. The first kappa shape index (κ1) is 28.8. The Kier molecular flexibility index (Phi) is 8.58. The molecule has 216 valence electrons. The van der Waals surface area contributed by atoms with Crippen LogP contribution in [0, 0.1) is 0 Å². The molecule has 0 bridgehead atoms. The molecule has 14 heteroatoms. The summed E-state index contributed by atoms with van der Waals surface area (Å²) in [7, 11) is 1.36. The van der Waals surface area contributed by atoms with Gasteiger partial charge in [-0.25, -0.2) is 24.3 Å². The lowest BCUT2D eigenvalue weighted by molar-refractivity contribution is -0.129. The summed E-state index contributed by atoms with van der Waals surface area (Å²) in [5.74, 6) is -1.53. The average Bonchev–Trinajstić information content (AvgIpc) is 3.50.